The van der Waals surface area contributed by atoms with E-state index in [9.17, 15) is 10.4 Å². The largest absolute Gasteiger partial charge is 0.507 e. The van der Waals surface area contributed by atoms with Gasteiger partial charge in [0, 0.05) is 16.7 Å². The van der Waals surface area contributed by atoms with Gasteiger partial charge in [-0.1, -0.05) is 43.3 Å². The third-order valence-electron chi connectivity index (χ3n) is 4.29. The van der Waals surface area contributed by atoms with E-state index in [1.165, 1.54) is 0 Å². The van der Waals surface area contributed by atoms with Gasteiger partial charge in [-0.25, -0.2) is 4.68 Å². The van der Waals surface area contributed by atoms with Crippen LogP contribution in [0.3, 0.4) is 0 Å². The number of nitrogens with zero attached hydrogens (tertiary/aromatic N) is 4. The number of aromatic nitrogens is 3. The van der Waals surface area contributed by atoms with Crippen molar-refractivity contribution in [3.8, 4) is 17.5 Å². The third kappa shape index (κ3) is 2.42. The van der Waals surface area contributed by atoms with Gasteiger partial charge in [0.2, 0.25) is 0 Å². The van der Waals surface area contributed by atoms with Crippen molar-refractivity contribution in [1.82, 2.24) is 15.0 Å². The van der Waals surface area contributed by atoms with Gasteiger partial charge in [-0.3, -0.25) is 0 Å². The minimum Gasteiger partial charge on any atom is -0.507 e. The molecular formula is C18H18N4O. The summed E-state index contributed by atoms with van der Waals surface area (Å²) in [6.45, 7) is 4.20. The summed E-state index contributed by atoms with van der Waals surface area (Å²) in [4.78, 5) is 0. The van der Waals surface area contributed by atoms with Crippen molar-refractivity contribution < 1.29 is 5.11 Å². The molecule has 0 radical (unpaired) electrons. The van der Waals surface area contributed by atoms with Crippen molar-refractivity contribution in [2.75, 3.05) is 0 Å². The number of nitriles is 1. The van der Waals surface area contributed by atoms with E-state index in [2.05, 4.69) is 30.2 Å². The molecular weight excluding hydrogens is 288 g/mol. The quantitative estimate of drug-likeness (QED) is 0.793. The summed E-state index contributed by atoms with van der Waals surface area (Å²) in [6.07, 6.45) is 1.82. The molecule has 0 amide bonds. The van der Waals surface area contributed by atoms with Gasteiger partial charge in [0.15, 0.2) is 5.69 Å². The monoisotopic (exact) mass is 306 g/mol. The third-order valence-corrected chi connectivity index (χ3v) is 4.29. The van der Waals surface area contributed by atoms with Crippen molar-refractivity contribution in [2.24, 2.45) is 0 Å². The summed E-state index contributed by atoms with van der Waals surface area (Å²) in [5, 5.41) is 29.3. The lowest BCUT2D eigenvalue weighted by Gasteiger charge is -2.16. The van der Waals surface area contributed by atoms with E-state index in [4.69, 9.17) is 0 Å². The highest BCUT2D eigenvalue weighted by Gasteiger charge is 2.22. The molecule has 0 unspecified atom stereocenters. The highest BCUT2D eigenvalue weighted by molar-refractivity contribution is 5.94. The van der Waals surface area contributed by atoms with Gasteiger partial charge in [0.1, 0.15) is 11.8 Å². The lowest BCUT2D eigenvalue weighted by Crippen LogP contribution is -2.08. The van der Waals surface area contributed by atoms with Crippen LogP contribution in [0.1, 0.15) is 44.0 Å². The van der Waals surface area contributed by atoms with Gasteiger partial charge in [-0.15, -0.1) is 5.10 Å². The van der Waals surface area contributed by atoms with Crippen LogP contribution in [0.25, 0.3) is 16.5 Å². The molecule has 116 valence electrons. The van der Waals surface area contributed by atoms with E-state index in [1.54, 1.807) is 16.8 Å². The van der Waals surface area contributed by atoms with Gasteiger partial charge in [-0.2, -0.15) is 5.26 Å². The maximum absolute atomic E-state index is 10.1. The van der Waals surface area contributed by atoms with Crippen molar-refractivity contribution in [3.05, 3.63) is 47.8 Å². The Labute approximate surface area is 134 Å². The standard InChI is InChI=1S/C18H18N4O/c1-3-12(4-2)18-15(11-19)20-21-22(18)16-9-5-8-14-13(16)7-6-10-17(14)23/h5-10,12,23H,3-4H2,1-2H3. The van der Waals surface area contributed by atoms with Crippen LogP contribution < -0.4 is 0 Å². The van der Waals surface area contributed by atoms with E-state index >= 15 is 0 Å². The van der Waals surface area contributed by atoms with E-state index < -0.39 is 0 Å². The normalized spacial score (nSPS) is 11.0. The first-order valence-electron chi connectivity index (χ1n) is 7.78. The number of rotatable bonds is 4. The summed E-state index contributed by atoms with van der Waals surface area (Å²) in [6, 6.07) is 13.2. The zero-order chi connectivity index (χ0) is 16.4. The lowest BCUT2D eigenvalue weighted by molar-refractivity contribution is 0.481. The zero-order valence-electron chi connectivity index (χ0n) is 13.2. The second-order valence-electron chi connectivity index (χ2n) is 5.51. The van der Waals surface area contributed by atoms with Gasteiger partial charge >= 0.3 is 0 Å². The van der Waals surface area contributed by atoms with E-state index in [1.807, 2.05) is 24.3 Å². The molecule has 1 N–H and O–H groups in total. The molecule has 0 aliphatic rings. The molecule has 5 heteroatoms. The smallest absolute Gasteiger partial charge is 0.186 e. The van der Waals surface area contributed by atoms with Crippen molar-refractivity contribution >= 4 is 10.8 Å². The Hall–Kier alpha value is -2.87. The summed E-state index contributed by atoms with van der Waals surface area (Å²) in [7, 11) is 0. The number of hydrogen-bond acceptors (Lipinski definition) is 4. The second-order valence-corrected chi connectivity index (χ2v) is 5.51. The number of phenolic OH excluding ortho intramolecular Hbond substituents is 1. The highest BCUT2D eigenvalue weighted by Crippen LogP contribution is 2.32. The van der Waals surface area contributed by atoms with Gasteiger partial charge < -0.3 is 5.11 Å². The molecule has 0 aliphatic carbocycles. The first-order chi connectivity index (χ1) is 11.2. The van der Waals surface area contributed by atoms with Gasteiger partial charge in [-0.05, 0) is 25.0 Å². The fourth-order valence-electron chi connectivity index (χ4n) is 3.05. The molecule has 0 fully saturated rings. The summed E-state index contributed by atoms with van der Waals surface area (Å²) in [5.74, 6) is 0.446. The summed E-state index contributed by atoms with van der Waals surface area (Å²) in [5.41, 5.74) is 2.04. The topological polar surface area (TPSA) is 74.7 Å². The maximum atomic E-state index is 10.1. The molecule has 1 aromatic heterocycles. The molecule has 0 aliphatic heterocycles. The molecule has 2 aromatic carbocycles. The Balaban J connectivity index is 2.31. The Bertz CT molecular complexity index is 888. The van der Waals surface area contributed by atoms with Crippen LogP contribution in [0.4, 0.5) is 0 Å². The first kappa shape index (κ1) is 15.0. The molecule has 3 aromatic rings. The van der Waals surface area contributed by atoms with Crippen molar-refractivity contribution in [2.45, 2.75) is 32.6 Å². The average Bonchev–Trinajstić information content (AvgIpc) is 3.00. The minimum atomic E-state index is 0.215. The van der Waals surface area contributed by atoms with Crippen molar-refractivity contribution in [3.63, 3.8) is 0 Å². The molecule has 0 spiro atoms. The van der Waals surface area contributed by atoms with Gasteiger partial charge in [0.25, 0.3) is 0 Å². The van der Waals surface area contributed by atoms with Crippen molar-refractivity contribution in [1.29, 1.82) is 5.26 Å². The Morgan fingerprint density at radius 1 is 1.13 bits per heavy atom. The number of fused-ring (bicyclic) bond motifs is 1. The van der Waals surface area contributed by atoms with Crippen LogP contribution in [-0.4, -0.2) is 20.1 Å². The minimum absolute atomic E-state index is 0.215. The highest BCUT2D eigenvalue weighted by atomic mass is 16.3. The molecule has 5 nitrogen and oxygen atoms in total. The maximum Gasteiger partial charge on any atom is 0.186 e. The van der Waals surface area contributed by atoms with Crippen LogP contribution in [-0.2, 0) is 0 Å². The Kier molecular flexibility index (Phi) is 3.98. The Morgan fingerprint density at radius 3 is 2.52 bits per heavy atom. The predicted molar refractivity (Wildman–Crippen MR) is 88.6 cm³/mol. The van der Waals surface area contributed by atoms with E-state index in [0.717, 1.165) is 35.0 Å². The van der Waals surface area contributed by atoms with Crippen LogP contribution in [0.15, 0.2) is 36.4 Å². The zero-order valence-corrected chi connectivity index (χ0v) is 13.2. The lowest BCUT2D eigenvalue weighted by atomic mass is 9.97. The summed E-state index contributed by atoms with van der Waals surface area (Å²) < 4.78 is 1.75. The fraction of sp³-hybridized carbons (Fsp3) is 0.278. The van der Waals surface area contributed by atoms with E-state index in [-0.39, 0.29) is 11.7 Å². The number of phenols is 1. The SMILES string of the molecule is CCC(CC)c1c(C#N)nnn1-c1cccc2c(O)cccc12. The molecule has 0 saturated carbocycles. The van der Waals surface area contributed by atoms with Crippen LogP contribution in [0.5, 0.6) is 5.75 Å². The van der Waals surface area contributed by atoms with Crippen LogP contribution in [0.2, 0.25) is 0 Å². The molecule has 23 heavy (non-hydrogen) atoms. The van der Waals surface area contributed by atoms with Crippen LogP contribution >= 0.6 is 0 Å². The predicted octanol–water partition coefficient (Wildman–Crippen LogP) is 3.90. The van der Waals surface area contributed by atoms with Crippen LogP contribution in [0, 0.1) is 11.3 Å². The molecule has 0 atom stereocenters. The number of benzene rings is 2. The molecule has 1 heterocycles. The first-order valence-corrected chi connectivity index (χ1v) is 7.78. The summed E-state index contributed by atoms with van der Waals surface area (Å²) >= 11 is 0. The average molecular weight is 306 g/mol. The molecule has 0 bridgehead atoms. The van der Waals surface area contributed by atoms with E-state index in [0.29, 0.717) is 5.69 Å². The Morgan fingerprint density at radius 2 is 1.83 bits per heavy atom. The number of hydrogen-bond donors (Lipinski definition) is 1. The number of aromatic hydroxyl groups is 1. The fourth-order valence-corrected chi connectivity index (χ4v) is 3.05. The molecule has 3 rings (SSSR count). The molecule has 0 saturated heterocycles. The second kappa shape index (κ2) is 6.09. The van der Waals surface area contributed by atoms with Gasteiger partial charge in [0.05, 0.1) is 11.4 Å².